The van der Waals surface area contributed by atoms with Gasteiger partial charge in [0.1, 0.15) is 12.1 Å². The van der Waals surface area contributed by atoms with Crippen LogP contribution in [0.25, 0.3) is 0 Å². The normalized spacial score (nSPS) is 17.8. The van der Waals surface area contributed by atoms with Crippen LogP contribution in [-0.4, -0.2) is 49.7 Å². The molecule has 2 aliphatic heterocycles. The van der Waals surface area contributed by atoms with Crippen LogP contribution in [0.15, 0.2) is 55.0 Å². The zero-order chi connectivity index (χ0) is 22.8. The Labute approximate surface area is 191 Å². The summed E-state index contributed by atoms with van der Waals surface area (Å²) in [5, 5.41) is 0. The van der Waals surface area contributed by atoms with Gasteiger partial charge in [0.25, 0.3) is 0 Å². The summed E-state index contributed by atoms with van der Waals surface area (Å²) in [5.41, 5.74) is 4.52. The summed E-state index contributed by atoms with van der Waals surface area (Å²) in [6, 6.07) is 12.0. The Morgan fingerprint density at radius 3 is 2.73 bits per heavy atom. The molecule has 168 valence electrons. The van der Waals surface area contributed by atoms with Gasteiger partial charge in [0.05, 0.1) is 29.5 Å². The summed E-state index contributed by atoms with van der Waals surface area (Å²) < 4.78 is 13.3. The minimum absolute atomic E-state index is 0.00546. The van der Waals surface area contributed by atoms with Crippen LogP contribution in [0.4, 0.5) is 4.39 Å². The second-order valence-corrected chi connectivity index (χ2v) is 8.56. The Morgan fingerprint density at radius 1 is 1.09 bits per heavy atom. The van der Waals surface area contributed by atoms with Crippen molar-refractivity contribution in [1.82, 2.24) is 24.8 Å². The molecule has 0 spiro atoms. The number of aromatic nitrogens is 3. The average molecular weight is 445 g/mol. The van der Waals surface area contributed by atoms with Crippen LogP contribution in [0.2, 0.25) is 0 Å². The number of fused-ring (bicyclic) bond motifs is 1. The monoisotopic (exact) mass is 445 g/mol. The number of nitrogens with zero attached hydrogens (tertiary/aromatic N) is 5. The number of hydrogen-bond donors (Lipinski definition) is 0. The van der Waals surface area contributed by atoms with Crippen molar-refractivity contribution in [3.63, 3.8) is 0 Å². The molecule has 0 bridgehead atoms. The van der Waals surface area contributed by atoms with E-state index in [-0.39, 0.29) is 30.0 Å². The van der Waals surface area contributed by atoms with Crippen molar-refractivity contribution in [3.05, 3.63) is 89.0 Å². The Hall–Kier alpha value is -3.68. The lowest BCUT2D eigenvalue weighted by Gasteiger charge is -2.31. The molecule has 0 saturated carbocycles. The van der Waals surface area contributed by atoms with E-state index in [4.69, 9.17) is 0 Å². The highest BCUT2D eigenvalue weighted by Gasteiger charge is 2.37. The Morgan fingerprint density at radius 2 is 1.94 bits per heavy atom. The summed E-state index contributed by atoms with van der Waals surface area (Å²) in [4.78, 5) is 42.5. The fourth-order valence-electron chi connectivity index (χ4n) is 4.57. The molecule has 1 atom stereocenters. The van der Waals surface area contributed by atoms with Crippen molar-refractivity contribution in [2.45, 2.75) is 32.4 Å². The summed E-state index contributed by atoms with van der Waals surface area (Å²) >= 11 is 0. The van der Waals surface area contributed by atoms with Crippen LogP contribution in [0.5, 0.6) is 0 Å². The Balaban J connectivity index is 1.28. The minimum atomic E-state index is -0.354. The van der Waals surface area contributed by atoms with Crippen LogP contribution in [0, 0.1) is 11.7 Å². The fourth-order valence-corrected chi connectivity index (χ4v) is 4.57. The molecule has 3 aromatic rings. The van der Waals surface area contributed by atoms with E-state index in [1.54, 1.807) is 29.6 Å². The molecule has 2 amide bonds. The lowest BCUT2D eigenvalue weighted by molar-refractivity contribution is -0.136. The zero-order valence-electron chi connectivity index (χ0n) is 18.2. The SMILES string of the molecule is O=C1CC(C(=O)N2CCc3ncnc(Cc4ccc(F)cc4)c3C2)CN1Cc1ccccn1. The van der Waals surface area contributed by atoms with E-state index in [0.717, 1.165) is 28.2 Å². The first-order chi connectivity index (χ1) is 16.1. The van der Waals surface area contributed by atoms with Gasteiger partial charge in [-0.25, -0.2) is 14.4 Å². The highest BCUT2D eigenvalue weighted by Crippen LogP contribution is 2.27. The van der Waals surface area contributed by atoms with Crippen LogP contribution in [0.1, 0.15) is 34.6 Å². The maximum atomic E-state index is 13.3. The van der Waals surface area contributed by atoms with Crippen molar-refractivity contribution in [2.24, 2.45) is 5.92 Å². The second-order valence-electron chi connectivity index (χ2n) is 8.56. The number of halogens is 1. The van der Waals surface area contributed by atoms with E-state index in [1.165, 1.54) is 12.1 Å². The van der Waals surface area contributed by atoms with Gasteiger partial charge < -0.3 is 9.80 Å². The lowest BCUT2D eigenvalue weighted by Crippen LogP contribution is -2.41. The molecule has 1 fully saturated rings. The third-order valence-corrected chi connectivity index (χ3v) is 6.33. The van der Waals surface area contributed by atoms with Crippen LogP contribution >= 0.6 is 0 Å². The minimum Gasteiger partial charge on any atom is -0.338 e. The third kappa shape index (κ3) is 4.60. The van der Waals surface area contributed by atoms with Gasteiger partial charge in [0.2, 0.25) is 11.8 Å². The van der Waals surface area contributed by atoms with Crippen LogP contribution in [0.3, 0.4) is 0 Å². The van der Waals surface area contributed by atoms with E-state index in [2.05, 4.69) is 15.0 Å². The van der Waals surface area contributed by atoms with Crippen molar-refractivity contribution in [1.29, 1.82) is 0 Å². The summed E-state index contributed by atoms with van der Waals surface area (Å²) in [6.07, 6.45) is 4.68. The van der Waals surface area contributed by atoms with Crippen molar-refractivity contribution in [2.75, 3.05) is 13.1 Å². The smallest absolute Gasteiger partial charge is 0.228 e. The van der Waals surface area contributed by atoms with Gasteiger partial charge in [-0.3, -0.25) is 14.6 Å². The molecular weight excluding hydrogens is 421 g/mol. The van der Waals surface area contributed by atoms with Crippen molar-refractivity contribution < 1.29 is 14.0 Å². The zero-order valence-corrected chi connectivity index (χ0v) is 18.2. The fraction of sp³-hybridized carbons (Fsp3) is 0.320. The predicted molar refractivity (Wildman–Crippen MR) is 118 cm³/mol. The maximum Gasteiger partial charge on any atom is 0.228 e. The first-order valence-electron chi connectivity index (χ1n) is 11.1. The van der Waals surface area contributed by atoms with E-state index in [1.807, 2.05) is 23.1 Å². The largest absolute Gasteiger partial charge is 0.338 e. The van der Waals surface area contributed by atoms with E-state index < -0.39 is 0 Å². The van der Waals surface area contributed by atoms with Gasteiger partial charge >= 0.3 is 0 Å². The predicted octanol–water partition coefficient (Wildman–Crippen LogP) is 2.53. The van der Waals surface area contributed by atoms with E-state index in [0.29, 0.717) is 39.0 Å². The molecule has 2 aromatic heterocycles. The molecular formula is C25H24FN5O2. The molecule has 2 aliphatic rings. The number of rotatable bonds is 5. The first kappa shape index (κ1) is 21.2. The first-order valence-corrected chi connectivity index (χ1v) is 11.1. The average Bonchev–Trinajstić information content (AvgIpc) is 3.20. The number of benzene rings is 1. The van der Waals surface area contributed by atoms with E-state index in [9.17, 15) is 14.0 Å². The quantitative estimate of drug-likeness (QED) is 0.603. The Kier molecular flexibility index (Phi) is 5.81. The summed E-state index contributed by atoms with van der Waals surface area (Å²) in [7, 11) is 0. The number of carbonyl (C=O) groups is 2. The molecule has 1 unspecified atom stereocenters. The maximum absolute atomic E-state index is 13.3. The van der Waals surface area contributed by atoms with Gasteiger partial charge in [-0.05, 0) is 29.8 Å². The molecule has 8 heteroatoms. The van der Waals surface area contributed by atoms with Crippen LogP contribution < -0.4 is 0 Å². The molecule has 0 aliphatic carbocycles. The van der Waals surface area contributed by atoms with Crippen molar-refractivity contribution in [3.8, 4) is 0 Å². The number of likely N-dealkylation sites (tertiary alicyclic amines) is 1. The molecule has 7 nitrogen and oxygen atoms in total. The second kappa shape index (κ2) is 9.05. The number of amides is 2. The lowest BCUT2D eigenvalue weighted by atomic mass is 9.98. The highest BCUT2D eigenvalue weighted by atomic mass is 19.1. The molecule has 1 saturated heterocycles. The molecule has 0 radical (unpaired) electrons. The van der Waals surface area contributed by atoms with Crippen LogP contribution in [-0.2, 0) is 35.5 Å². The van der Waals surface area contributed by atoms with Gasteiger partial charge in [-0.2, -0.15) is 0 Å². The van der Waals surface area contributed by atoms with Gasteiger partial charge in [0, 0.05) is 50.7 Å². The third-order valence-electron chi connectivity index (χ3n) is 6.33. The van der Waals surface area contributed by atoms with Gasteiger partial charge in [0.15, 0.2) is 0 Å². The summed E-state index contributed by atoms with van der Waals surface area (Å²) in [6.45, 7) is 1.83. The van der Waals surface area contributed by atoms with Crippen molar-refractivity contribution >= 4 is 11.8 Å². The Bertz CT molecular complexity index is 1170. The number of hydrogen-bond acceptors (Lipinski definition) is 5. The molecule has 5 rings (SSSR count). The number of carbonyl (C=O) groups excluding carboxylic acids is 2. The molecule has 33 heavy (non-hydrogen) atoms. The topological polar surface area (TPSA) is 79.3 Å². The molecule has 1 aromatic carbocycles. The highest BCUT2D eigenvalue weighted by molar-refractivity contribution is 5.89. The summed E-state index contributed by atoms with van der Waals surface area (Å²) in [5.74, 6) is -0.651. The standard InChI is InChI=1S/C25H24FN5O2/c26-19-6-4-17(5-7-19)11-23-21-15-30(10-8-22(21)28-16-29-23)25(33)18-12-24(32)31(13-18)14-20-3-1-2-9-27-20/h1-7,9,16,18H,8,10-15H2. The number of pyridine rings is 1. The molecule has 4 heterocycles. The molecule has 0 N–H and O–H groups in total. The van der Waals surface area contributed by atoms with E-state index >= 15 is 0 Å². The van der Waals surface area contributed by atoms with Gasteiger partial charge in [-0.1, -0.05) is 18.2 Å². The van der Waals surface area contributed by atoms with Gasteiger partial charge in [-0.15, -0.1) is 0 Å².